The van der Waals surface area contributed by atoms with Crippen LogP contribution in [0.2, 0.25) is 5.02 Å². The van der Waals surface area contributed by atoms with Crippen molar-refractivity contribution in [1.29, 1.82) is 0 Å². The Morgan fingerprint density at radius 3 is 2.76 bits per heavy atom. The molecule has 0 aliphatic carbocycles. The fourth-order valence-electron chi connectivity index (χ4n) is 2.36. The van der Waals surface area contributed by atoms with E-state index in [9.17, 15) is 0 Å². The van der Waals surface area contributed by atoms with E-state index in [4.69, 9.17) is 23.8 Å². The Kier molecular flexibility index (Phi) is 5.31. The number of aryl methyl sites for hydroxylation is 2. The molecular weight excluding hydrogens is 354 g/mol. The predicted molar refractivity (Wildman–Crippen MR) is 106 cm³/mol. The number of thiocarbonyl (C=S) groups is 1. The number of aromatic nitrogens is 3. The van der Waals surface area contributed by atoms with Crippen LogP contribution in [0, 0.1) is 13.8 Å². The van der Waals surface area contributed by atoms with E-state index in [0.29, 0.717) is 22.6 Å². The van der Waals surface area contributed by atoms with Crippen LogP contribution < -0.4 is 10.6 Å². The lowest BCUT2D eigenvalue weighted by Crippen LogP contribution is -2.20. The number of hydrogen-bond donors (Lipinski definition) is 2. The maximum Gasteiger partial charge on any atom is 0.248 e. The van der Waals surface area contributed by atoms with E-state index in [2.05, 4.69) is 45.8 Å². The van der Waals surface area contributed by atoms with Crippen molar-refractivity contribution in [1.82, 2.24) is 14.8 Å². The molecule has 0 aliphatic heterocycles. The third kappa shape index (κ3) is 4.78. The molecule has 7 heteroatoms. The minimum atomic E-state index is 0.410. The fourth-order valence-corrected chi connectivity index (χ4v) is 2.75. The molecular formula is C18H18ClN5S. The molecule has 3 rings (SSSR count). The first-order chi connectivity index (χ1) is 12.0. The lowest BCUT2D eigenvalue weighted by Gasteiger charge is -2.09. The topological polar surface area (TPSA) is 54.8 Å². The zero-order valence-electron chi connectivity index (χ0n) is 14.0. The maximum atomic E-state index is 6.12. The average molecular weight is 372 g/mol. The van der Waals surface area contributed by atoms with Crippen LogP contribution in [-0.2, 0) is 6.54 Å². The van der Waals surface area contributed by atoms with E-state index in [0.717, 1.165) is 11.3 Å². The third-order valence-corrected chi connectivity index (χ3v) is 4.23. The van der Waals surface area contributed by atoms with Gasteiger partial charge in [0.1, 0.15) is 6.33 Å². The summed E-state index contributed by atoms with van der Waals surface area (Å²) in [4.78, 5) is 4.24. The van der Waals surface area contributed by atoms with E-state index < -0.39 is 0 Å². The third-order valence-electron chi connectivity index (χ3n) is 3.62. The van der Waals surface area contributed by atoms with Crippen LogP contribution in [0.4, 0.5) is 11.6 Å². The molecule has 2 aromatic carbocycles. The van der Waals surface area contributed by atoms with Crippen molar-refractivity contribution in [2.24, 2.45) is 0 Å². The monoisotopic (exact) mass is 371 g/mol. The predicted octanol–water partition coefficient (Wildman–Crippen LogP) is 4.41. The lowest BCUT2D eigenvalue weighted by atomic mass is 10.1. The molecule has 0 saturated heterocycles. The van der Waals surface area contributed by atoms with Crippen molar-refractivity contribution in [3.8, 4) is 0 Å². The molecule has 0 radical (unpaired) electrons. The van der Waals surface area contributed by atoms with Gasteiger partial charge in [-0.1, -0.05) is 47.5 Å². The summed E-state index contributed by atoms with van der Waals surface area (Å²) in [5.74, 6) is 0.448. The van der Waals surface area contributed by atoms with Gasteiger partial charge in [-0.25, -0.2) is 9.67 Å². The zero-order chi connectivity index (χ0) is 17.8. The first-order valence-corrected chi connectivity index (χ1v) is 8.57. The first kappa shape index (κ1) is 17.4. The summed E-state index contributed by atoms with van der Waals surface area (Å²) in [6, 6.07) is 14.0. The molecule has 128 valence electrons. The summed E-state index contributed by atoms with van der Waals surface area (Å²) in [5, 5.41) is 11.5. The van der Waals surface area contributed by atoms with Crippen molar-refractivity contribution in [2.45, 2.75) is 20.4 Å². The molecule has 0 saturated carbocycles. The summed E-state index contributed by atoms with van der Waals surface area (Å²) >= 11 is 11.4. The van der Waals surface area contributed by atoms with Crippen molar-refractivity contribution < 1.29 is 0 Å². The quantitative estimate of drug-likeness (QED) is 0.665. The standard InChI is InChI=1S/C18H18ClN5S/c1-12-4-3-5-14(8-12)10-24-11-20-17(23-24)22-18(25)21-15-7-6-13(2)16(19)9-15/h3-9,11H,10H2,1-2H3,(H2,21,22,23,25). The number of benzene rings is 2. The largest absolute Gasteiger partial charge is 0.332 e. The van der Waals surface area contributed by atoms with Crippen molar-refractivity contribution >= 4 is 40.6 Å². The van der Waals surface area contributed by atoms with Crippen molar-refractivity contribution in [3.05, 3.63) is 70.5 Å². The summed E-state index contributed by atoms with van der Waals surface area (Å²) < 4.78 is 1.77. The van der Waals surface area contributed by atoms with Gasteiger partial charge in [0, 0.05) is 10.7 Å². The molecule has 0 unspecified atom stereocenters. The minimum Gasteiger partial charge on any atom is -0.332 e. The van der Waals surface area contributed by atoms with Gasteiger partial charge in [0.2, 0.25) is 5.95 Å². The van der Waals surface area contributed by atoms with E-state index in [1.54, 1.807) is 11.0 Å². The summed E-state index contributed by atoms with van der Waals surface area (Å²) in [7, 11) is 0. The molecule has 25 heavy (non-hydrogen) atoms. The highest BCUT2D eigenvalue weighted by Gasteiger charge is 2.05. The van der Waals surface area contributed by atoms with Crippen LogP contribution in [0.25, 0.3) is 0 Å². The van der Waals surface area contributed by atoms with Gasteiger partial charge in [0.25, 0.3) is 0 Å². The maximum absolute atomic E-state index is 6.12. The molecule has 0 aliphatic rings. The van der Waals surface area contributed by atoms with Crippen LogP contribution in [0.3, 0.4) is 0 Å². The summed E-state index contributed by atoms with van der Waals surface area (Å²) in [6.07, 6.45) is 1.68. The van der Waals surface area contributed by atoms with Crippen LogP contribution in [0.5, 0.6) is 0 Å². The van der Waals surface area contributed by atoms with Crippen molar-refractivity contribution in [2.75, 3.05) is 10.6 Å². The second-order valence-corrected chi connectivity index (χ2v) is 6.61. The Balaban J connectivity index is 1.60. The minimum absolute atomic E-state index is 0.410. The second-order valence-electron chi connectivity index (χ2n) is 5.80. The fraction of sp³-hybridized carbons (Fsp3) is 0.167. The van der Waals surface area contributed by atoms with Gasteiger partial charge >= 0.3 is 0 Å². The van der Waals surface area contributed by atoms with E-state index in [1.807, 2.05) is 31.2 Å². The van der Waals surface area contributed by atoms with E-state index >= 15 is 0 Å². The zero-order valence-corrected chi connectivity index (χ0v) is 15.5. The number of rotatable bonds is 4. The Bertz CT molecular complexity index is 906. The highest BCUT2D eigenvalue weighted by molar-refractivity contribution is 7.80. The van der Waals surface area contributed by atoms with Gasteiger partial charge in [-0.05, 0) is 49.3 Å². The van der Waals surface area contributed by atoms with Crippen LogP contribution in [-0.4, -0.2) is 19.9 Å². The molecule has 5 nitrogen and oxygen atoms in total. The van der Waals surface area contributed by atoms with Crippen LogP contribution >= 0.6 is 23.8 Å². The first-order valence-electron chi connectivity index (χ1n) is 7.79. The number of halogens is 1. The Labute approximate surface area is 157 Å². The van der Waals surface area contributed by atoms with Gasteiger partial charge in [0.15, 0.2) is 5.11 Å². The molecule has 0 atom stereocenters. The van der Waals surface area contributed by atoms with E-state index in [1.165, 1.54) is 11.1 Å². The number of nitrogens with zero attached hydrogens (tertiary/aromatic N) is 3. The molecule has 0 spiro atoms. The Morgan fingerprint density at radius 1 is 1.16 bits per heavy atom. The molecule has 3 aromatic rings. The summed E-state index contributed by atoms with van der Waals surface area (Å²) in [6.45, 7) is 4.68. The van der Waals surface area contributed by atoms with Crippen LogP contribution in [0.15, 0.2) is 48.8 Å². The highest BCUT2D eigenvalue weighted by Crippen LogP contribution is 2.20. The van der Waals surface area contributed by atoms with Gasteiger partial charge in [-0.2, -0.15) is 0 Å². The normalized spacial score (nSPS) is 10.5. The number of anilines is 2. The number of nitrogens with one attached hydrogen (secondary N) is 2. The smallest absolute Gasteiger partial charge is 0.248 e. The molecule has 1 heterocycles. The van der Waals surface area contributed by atoms with E-state index in [-0.39, 0.29) is 0 Å². The Morgan fingerprint density at radius 2 is 2.00 bits per heavy atom. The SMILES string of the molecule is Cc1cccc(Cn2cnc(NC(=S)Nc3ccc(C)c(Cl)c3)n2)c1. The molecule has 0 bridgehead atoms. The highest BCUT2D eigenvalue weighted by atomic mass is 35.5. The second kappa shape index (κ2) is 7.63. The summed E-state index contributed by atoms with van der Waals surface area (Å²) in [5.41, 5.74) is 4.22. The molecule has 0 amide bonds. The molecule has 0 fully saturated rings. The number of hydrogen-bond acceptors (Lipinski definition) is 3. The van der Waals surface area contributed by atoms with Gasteiger partial charge < -0.3 is 5.32 Å². The van der Waals surface area contributed by atoms with Gasteiger partial charge in [0.05, 0.1) is 6.54 Å². The molecule has 1 aromatic heterocycles. The Hall–Kier alpha value is -2.44. The average Bonchev–Trinajstić information content (AvgIpc) is 2.98. The van der Waals surface area contributed by atoms with Crippen molar-refractivity contribution in [3.63, 3.8) is 0 Å². The van der Waals surface area contributed by atoms with Crippen LogP contribution in [0.1, 0.15) is 16.7 Å². The molecule has 2 N–H and O–H groups in total. The van der Waals surface area contributed by atoms with Gasteiger partial charge in [-0.15, -0.1) is 5.10 Å². The lowest BCUT2D eigenvalue weighted by molar-refractivity contribution is 0.687. The van der Waals surface area contributed by atoms with Gasteiger partial charge in [-0.3, -0.25) is 5.32 Å².